The number of nitrogens with zero attached hydrogens (tertiary/aromatic N) is 3. The van der Waals surface area contributed by atoms with Crippen molar-refractivity contribution in [1.29, 1.82) is 0 Å². The minimum Gasteiger partial charge on any atom is -0.305 e. The predicted octanol–water partition coefficient (Wildman–Crippen LogP) is 4.18. The molecule has 0 atom stereocenters. The van der Waals surface area contributed by atoms with Gasteiger partial charge in [0.15, 0.2) is 5.16 Å². The van der Waals surface area contributed by atoms with Crippen LogP contribution in [0.2, 0.25) is 0 Å². The molecule has 1 amide bonds. The van der Waals surface area contributed by atoms with Crippen LogP contribution in [-0.4, -0.2) is 20.9 Å². The lowest BCUT2D eigenvalue weighted by atomic mass is 10.2. The lowest BCUT2D eigenvalue weighted by Gasteiger charge is -2.07. The zero-order valence-electron chi connectivity index (χ0n) is 12.5. The third-order valence-electron chi connectivity index (χ3n) is 3.05. The molecule has 0 radical (unpaired) electrons. The van der Waals surface area contributed by atoms with E-state index in [0.29, 0.717) is 15.4 Å². The molecule has 0 spiro atoms. The second-order valence-electron chi connectivity index (χ2n) is 4.79. The summed E-state index contributed by atoms with van der Waals surface area (Å²) in [6.45, 7) is 0. The predicted molar refractivity (Wildman–Crippen MR) is 97.9 cm³/mol. The third-order valence-corrected chi connectivity index (χ3v) is 4.57. The van der Waals surface area contributed by atoms with Crippen molar-refractivity contribution in [3.05, 3.63) is 76.7 Å². The van der Waals surface area contributed by atoms with E-state index in [1.165, 1.54) is 17.3 Å². The Hall–Kier alpha value is -2.25. The maximum absolute atomic E-state index is 12.4. The highest BCUT2D eigenvalue weighted by Gasteiger charge is 2.14. The molecule has 0 unspecified atom stereocenters. The van der Waals surface area contributed by atoms with Crippen LogP contribution in [0.4, 0.5) is 5.82 Å². The van der Waals surface area contributed by atoms with Gasteiger partial charge >= 0.3 is 0 Å². The summed E-state index contributed by atoms with van der Waals surface area (Å²) in [7, 11) is 0. The van der Waals surface area contributed by atoms with E-state index in [4.69, 9.17) is 0 Å². The van der Waals surface area contributed by atoms with Crippen LogP contribution >= 0.6 is 27.7 Å². The fraction of sp³-hybridized carbons (Fsp3) is 0.0588. The first kappa shape index (κ1) is 16.6. The zero-order chi connectivity index (χ0) is 16.8. The van der Waals surface area contributed by atoms with Gasteiger partial charge in [-0.15, -0.1) is 0 Å². The van der Waals surface area contributed by atoms with Crippen molar-refractivity contribution in [1.82, 2.24) is 15.0 Å². The molecule has 0 fully saturated rings. The number of thioether (sulfide) groups is 1. The molecule has 0 aliphatic heterocycles. The van der Waals surface area contributed by atoms with Crippen LogP contribution in [0.25, 0.3) is 0 Å². The Labute approximate surface area is 152 Å². The van der Waals surface area contributed by atoms with Crippen molar-refractivity contribution >= 4 is 39.4 Å². The Morgan fingerprint density at radius 3 is 2.62 bits per heavy atom. The van der Waals surface area contributed by atoms with E-state index in [2.05, 4.69) is 36.2 Å². The molecular formula is C17H13BrN4OS. The Morgan fingerprint density at radius 1 is 1.08 bits per heavy atom. The smallest absolute Gasteiger partial charge is 0.276 e. The average Bonchev–Trinajstić information content (AvgIpc) is 2.62. The summed E-state index contributed by atoms with van der Waals surface area (Å²) >= 11 is 4.81. The molecule has 3 rings (SSSR count). The van der Waals surface area contributed by atoms with Gasteiger partial charge in [0.25, 0.3) is 5.91 Å². The zero-order valence-corrected chi connectivity index (χ0v) is 14.9. The number of carbonyl (C=O) groups excluding carboxylic acids is 1. The molecule has 120 valence electrons. The van der Waals surface area contributed by atoms with Gasteiger partial charge in [0.05, 0.1) is 4.47 Å². The second kappa shape index (κ2) is 8.03. The summed E-state index contributed by atoms with van der Waals surface area (Å²) in [4.78, 5) is 25.1. The van der Waals surface area contributed by atoms with Crippen molar-refractivity contribution in [2.45, 2.75) is 10.9 Å². The minimum atomic E-state index is -0.329. The van der Waals surface area contributed by atoms with Crippen LogP contribution in [0.5, 0.6) is 0 Å². The van der Waals surface area contributed by atoms with Gasteiger partial charge in [0.1, 0.15) is 11.5 Å². The highest BCUT2D eigenvalue weighted by atomic mass is 79.9. The number of anilines is 1. The lowest BCUT2D eigenvalue weighted by molar-refractivity contribution is 0.102. The van der Waals surface area contributed by atoms with Crippen molar-refractivity contribution in [2.75, 3.05) is 5.32 Å². The highest BCUT2D eigenvalue weighted by molar-refractivity contribution is 9.10. The number of pyridine rings is 1. The van der Waals surface area contributed by atoms with E-state index >= 15 is 0 Å². The second-order valence-corrected chi connectivity index (χ2v) is 6.59. The van der Waals surface area contributed by atoms with Crippen molar-refractivity contribution in [3.8, 4) is 0 Å². The van der Waals surface area contributed by atoms with Crippen LogP contribution in [-0.2, 0) is 5.75 Å². The average molecular weight is 401 g/mol. The summed E-state index contributed by atoms with van der Waals surface area (Å²) < 4.78 is 0.542. The Balaban J connectivity index is 1.72. The van der Waals surface area contributed by atoms with Crippen molar-refractivity contribution in [3.63, 3.8) is 0 Å². The molecule has 2 aromatic heterocycles. The van der Waals surface area contributed by atoms with E-state index in [1.807, 2.05) is 30.3 Å². The fourth-order valence-corrected chi connectivity index (χ4v) is 3.06. The minimum absolute atomic E-state index is 0.284. The highest BCUT2D eigenvalue weighted by Crippen LogP contribution is 2.22. The van der Waals surface area contributed by atoms with Gasteiger partial charge < -0.3 is 5.32 Å². The SMILES string of the molecule is O=C(Nc1ccccn1)c1nc(SCc2ccccc2)ncc1Br. The molecule has 0 saturated heterocycles. The topological polar surface area (TPSA) is 67.8 Å². The number of amides is 1. The Morgan fingerprint density at radius 2 is 1.88 bits per heavy atom. The van der Waals surface area contributed by atoms with E-state index in [0.717, 1.165) is 5.75 Å². The van der Waals surface area contributed by atoms with Gasteiger partial charge in [0.2, 0.25) is 0 Å². The fourth-order valence-electron chi connectivity index (χ4n) is 1.91. The van der Waals surface area contributed by atoms with E-state index in [-0.39, 0.29) is 11.6 Å². The van der Waals surface area contributed by atoms with E-state index in [1.54, 1.807) is 30.6 Å². The molecule has 1 N–H and O–H groups in total. The summed E-state index contributed by atoms with van der Waals surface area (Å²) in [5, 5.41) is 3.27. The quantitative estimate of drug-likeness (QED) is 0.513. The van der Waals surface area contributed by atoms with Crippen molar-refractivity contribution in [2.24, 2.45) is 0 Å². The first-order valence-electron chi connectivity index (χ1n) is 7.14. The summed E-state index contributed by atoms with van der Waals surface area (Å²) in [6.07, 6.45) is 3.21. The summed E-state index contributed by atoms with van der Waals surface area (Å²) in [5.41, 5.74) is 1.46. The Kier molecular flexibility index (Phi) is 5.55. The maximum atomic E-state index is 12.4. The van der Waals surface area contributed by atoms with Crippen LogP contribution in [0.1, 0.15) is 16.1 Å². The van der Waals surface area contributed by atoms with Crippen LogP contribution in [0.3, 0.4) is 0 Å². The van der Waals surface area contributed by atoms with Crippen molar-refractivity contribution < 1.29 is 4.79 Å². The molecule has 0 saturated carbocycles. The molecule has 0 aliphatic rings. The van der Waals surface area contributed by atoms with Gasteiger partial charge in [-0.1, -0.05) is 48.2 Å². The molecule has 0 bridgehead atoms. The molecule has 5 nitrogen and oxygen atoms in total. The molecule has 24 heavy (non-hydrogen) atoms. The number of aromatic nitrogens is 3. The third kappa shape index (κ3) is 4.39. The maximum Gasteiger partial charge on any atom is 0.276 e. The number of hydrogen-bond donors (Lipinski definition) is 1. The van der Waals surface area contributed by atoms with Crippen LogP contribution in [0, 0.1) is 0 Å². The molecule has 0 aliphatic carbocycles. The molecule has 7 heteroatoms. The van der Waals surface area contributed by atoms with Crippen LogP contribution in [0.15, 0.2) is 70.6 Å². The lowest BCUT2D eigenvalue weighted by Crippen LogP contribution is -2.16. The number of halogens is 1. The van der Waals surface area contributed by atoms with Crippen LogP contribution < -0.4 is 5.32 Å². The summed E-state index contributed by atoms with van der Waals surface area (Å²) in [5.74, 6) is 0.889. The van der Waals surface area contributed by atoms with Gasteiger partial charge in [-0.25, -0.2) is 15.0 Å². The molecule has 1 aromatic carbocycles. The number of carbonyl (C=O) groups is 1. The van der Waals surface area contributed by atoms with Gasteiger partial charge in [0, 0.05) is 18.1 Å². The molecular weight excluding hydrogens is 388 g/mol. The van der Waals surface area contributed by atoms with Gasteiger partial charge in [-0.05, 0) is 33.6 Å². The van der Waals surface area contributed by atoms with Gasteiger partial charge in [-0.2, -0.15) is 0 Å². The standard InChI is InChI=1S/C17H13BrN4OS/c18-13-10-20-17(24-11-12-6-2-1-3-7-12)22-15(13)16(23)21-14-8-4-5-9-19-14/h1-10H,11H2,(H,19,21,23). The molecule has 3 aromatic rings. The normalized spacial score (nSPS) is 10.4. The number of rotatable bonds is 5. The monoisotopic (exact) mass is 400 g/mol. The van der Waals surface area contributed by atoms with E-state index in [9.17, 15) is 4.79 Å². The summed E-state index contributed by atoms with van der Waals surface area (Å²) in [6, 6.07) is 15.4. The number of benzene rings is 1. The van der Waals surface area contributed by atoms with E-state index < -0.39 is 0 Å². The number of nitrogens with one attached hydrogen (secondary N) is 1. The largest absolute Gasteiger partial charge is 0.305 e. The first-order valence-corrected chi connectivity index (χ1v) is 8.92. The van der Waals surface area contributed by atoms with Gasteiger partial charge in [-0.3, -0.25) is 4.79 Å². The Bertz CT molecular complexity index is 831. The molecule has 2 heterocycles. The number of hydrogen-bond acceptors (Lipinski definition) is 5. The first-order chi connectivity index (χ1) is 11.7.